The standard InChI is InChI=1S/C44H31N5/c1-44(2)35-23-14-22-34(43-45-37-24-13-12-21-33(37)39(46-43)28-15-6-3-7-16-28)38(35)32-26-25-31(27-36(32)44)42-48-40(29-17-8-4-9-18-29)47-41(49-42)30-19-10-5-11-20-30/h3-27H,1-2H3. The first-order valence-electron chi connectivity index (χ1n) is 16.5. The number of fused-ring (bicyclic) bond motifs is 4. The molecule has 0 unspecified atom stereocenters. The second kappa shape index (κ2) is 11.4. The lowest BCUT2D eigenvalue weighted by atomic mass is 9.81. The van der Waals surface area contributed by atoms with Gasteiger partial charge in [-0.15, -0.1) is 0 Å². The first-order valence-corrected chi connectivity index (χ1v) is 16.5. The molecule has 0 atom stereocenters. The molecule has 1 aliphatic carbocycles. The molecule has 9 rings (SSSR count). The van der Waals surface area contributed by atoms with Gasteiger partial charge in [-0.3, -0.25) is 0 Å². The highest BCUT2D eigenvalue weighted by molar-refractivity contribution is 5.97. The molecule has 0 fully saturated rings. The minimum atomic E-state index is -0.270. The molecule has 0 radical (unpaired) electrons. The van der Waals surface area contributed by atoms with Gasteiger partial charge in [0.15, 0.2) is 23.3 Å². The van der Waals surface area contributed by atoms with E-state index in [0.717, 1.165) is 50.2 Å². The third kappa shape index (κ3) is 4.90. The molecule has 5 heteroatoms. The van der Waals surface area contributed by atoms with E-state index >= 15 is 0 Å². The molecule has 8 aromatic rings. The Morgan fingerprint density at radius 1 is 0.388 bits per heavy atom. The summed E-state index contributed by atoms with van der Waals surface area (Å²) < 4.78 is 0. The number of benzene rings is 6. The first-order chi connectivity index (χ1) is 24.0. The van der Waals surface area contributed by atoms with Crippen LogP contribution in [0.15, 0.2) is 152 Å². The Balaban J connectivity index is 1.21. The van der Waals surface area contributed by atoms with Crippen molar-refractivity contribution in [3.63, 3.8) is 0 Å². The van der Waals surface area contributed by atoms with Gasteiger partial charge in [0.1, 0.15) is 0 Å². The van der Waals surface area contributed by atoms with E-state index in [4.69, 9.17) is 24.9 Å². The quantitative estimate of drug-likeness (QED) is 0.190. The van der Waals surface area contributed by atoms with Gasteiger partial charge in [-0.2, -0.15) is 0 Å². The normalized spacial score (nSPS) is 12.9. The molecule has 49 heavy (non-hydrogen) atoms. The van der Waals surface area contributed by atoms with E-state index in [-0.39, 0.29) is 5.41 Å². The maximum Gasteiger partial charge on any atom is 0.164 e. The van der Waals surface area contributed by atoms with Crippen molar-refractivity contribution in [3.8, 4) is 67.9 Å². The molecule has 0 saturated heterocycles. The van der Waals surface area contributed by atoms with Gasteiger partial charge in [-0.25, -0.2) is 24.9 Å². The van der Waals surface area contributed by atoms with Crippen LogP contribution in [0.2, 0.25) is 0 Å². The number of rotatable bonds is 5. The van der Waals surface area contributed by atoms with Crippen LogP contribution in [0.25, 0.3) is 78.8 Å². The van der Waals surface area contributed by atoms with Crippen LogP contribution in [0.5, 0.6) is 0 Å². The summed E-state index contributed by atoms with van der Waals surface area (Å²) in [4.78, 5) is 25.3. The minimum Gasteiger partial charge on any atom is -0.228 e. The molecule has 232 valence electrons. The molecule has 0 bridgehead atoms. The average molecular weight is 630 g/mol. The predicted molar refractivity (Wildman–Crippen MR) is 198 cm³/mol. The predicted octanol–water partition coefficient (Wildman–Crippen LogP) is 10.5. The lowest BCUT2D eigenvalue weighted by molar-refractivity contribution is 0.660. The van der Waals surface area contributed by atoms with Crippen molar-refractivity contribution in [2.45, 2.75) is 19.3 Å². The lowest BCUT2D eigenvalue weighted by Crippen LogP contribution is -2.15. The molecule has 2 aromatic heterocycles. The topological polar surface area (TPSA) is 64.5 Å². The van der Waals surface area contributed by atoms with Crippen LogP contribution >= 0.6 is 0 Å². The van der Waals surface area contributed by atoms with Gasteiger partial charge in [-0.05, 0) is 34.4 Å². The fourth-order valence-electron chi connectivity index (χ4n) is 7.06. The number of hydrogen-bond donors (Lipinski definition) is 0. The van der Waals surface area contributed by atoms with Crippen molar-refractivity contribution in [1.29, 1.82) is 0 Å². The summed E-state index contributed by atoms with van der Waals surface area (Å²) in [5.74, 6) is 2.67. The minimum absolute atomic E-state index is 0.270. The monoisotopic (exact) mass is 629 g/mol. The summed E-state index contributed by atoms with van der Waals surface area (Å²) in [7, 11) is 0. The third-order valence-electron chi connectivity index (χ3n) is 9.55. The Kier molecular flexibility index (Phi) is 6.73. The van der Waals surface area contributed by atoms with Gasteiger partial charge >= 0.3 is 0 Å². The van der Waals surface area contributed by atoms with Crippen LogP contribution in [0.1, 0.15) is 25.0 Å². The Morgan fingerprint density at radius 2 is 0.959 bits per heavy atom. The molecule has 0 saturated carbocycles. The summed E-state index contributed by atoms with van der Waals surface area (Å²) in [5, 5.41) is 1.04. The average Bonchev–Trinajstić information content (AvgIpc) is 3.40. The highest BCUT2D eigenvalue weighted by atomic mass is 15.0. The van der Waals surface area contributed by atoms with E-state index in [0.29, 0.717) is 17.5 Å². The largest absolute Gasteiger partial charge is 0.228 e. The van der Waals surface area contributed by atoms with E-state index in [1.54, 1.807) is 0 Å². The smallest absolute Gasteiger partial charge is 0.164 e. The first kappa shape index (κ1) is 28.9. The van der Waals surface area contributed by atoms with Crippen LogP contribution in [-0.2, 0) is 5.41 Å². The number of para-hydroxylation sites is 1. The van der Waals surface area contributed by atoms with Crippen LogP contribution in [0.4, 0.5) is 0 Å². The second-order valence-electron chi connectivity index (χ2n) is 12.9. The van der Waals surface area contributed by atoms with Crippen molar-refractivity contribution in [3.05, 3.63) is 163 Å². The SMILES string of the molecule is CC1(C)c2cc(-c3nc(-c4ccccc4)nc(-c4ccccc4)n3)ccc2-c2c(-c3nc(-c4ccccc4)c4ccccc4n3)cccc21. The molecule has 5 nitrogen and oxygen atoms in total. The van der Waals surface area contributed by atoms with Gasteiger partial charge in [0.25, 0.3) is 0 Å². The summed E-state index contributed by atoms with van der Waals surface area (Å²) in [6, 6.07) is 52.0. The highest BCUT2D eigenvalue weighted by Crippen LogP contribution is 2.52. The van der Waals surface area contributed by atoms with Crippen LogP contribution in [0, 0.1) is 0 Å². The maximum atomic E-state index is 5.24. The molecule has 1 aliphatic rings. The molecule has 2 heterocycles. The van der Waals surface area contributed by atoms with Gasteiger partial charge in [0, 0.05) is 38.6 Å². The van der Waals surface area contributed by atoms with E-state index in [1.807, 2.05) is 78.9 Å². The van der Waals surface area contributed by atoms with Crippen molar-refractivity contribution >= 4 is 10.9 Å². The number of aromatic nitrogens is 5. The molecule has 0 spiro atoms. The fraction of sp³-hybridized carbons (Fsp3) is 0.0682. The fourth-order valence-corrected chi connectivity index (χ4v) is 7.06. The van der Waals surface area contributed by atoms with Crippen molar-refractivity contribution in [2.75, 3.05) is 0 Å². The maximum absolute atomic E-state index is 5.24. The molecular weight excluding hydrogens is 599 g/mol. The van der Waals surface area contributed by atoms with E-state index in [1.165, 1.54) is 22.3 Å². The molecule has 0 N–H and O–H groups in total. The third-order valence-corrected chi connectivity index (χ3v) is 9.55. The number of hydrogen-bond acceptors (Lipinski definition) is 5. The Hall–Kier alpha value is -6.33. The van der Waals surface area contributed by atoms with Gasteiger partial charge in [-0.1, -0.05) is 153 Å². The molecule has 0 amide bonds. The Labute approximate surface area is 285 Å². The van der Waals surface area contributed by atoms with E-state index in [2.05, 4.69) is 86.6 Å². The molecular formula is C44H31N5. The zero-order valence-corrected chi connectivity index (χ0v) is 27.2. The van der Waals surface area contributed by atoms with Crippen LogP contribution in [-0.4, -0.2) is 24.9 Å². The van der Waals surface area contributed by atoms with Crippen molar-refractivity contribution in [1.82, 2.24) is 24.9 Å². The summed E-state index contributed by atoms with van der Waals surface area (Å²) in [6.07, 6.45) is 0. The highest BCUT2D eigenvalue weighted by Gasteiger charge is 2.38. The molecule has 0 aliphatic heterocycles. The van der Waals surface area contributed by atoms with E-state index < -0.39 is 0 Å². The second-order valence-corrected chi connectivity index (χ2v) is 12.9. The Morgan fingerprint density at radius 3 is 1.61 bits per heavy atom. The zero-order chi connectivity index (χ0) is 33.0. The number of nitrogens with zero attached hydrogens (tertiary/aromatic N) is 5. The summed E-state index contributed by atoms with van der Waals surface area (Å²) >= 11 is 0. The Bertz CT molecular complexity index is 2450. The lowest BCUT2D eigenvalue weighted by Gasteiger charge is -2.22. The van der Waals surface area contributed by atoms with Gasteiger partial charge < -0.3 is 0 Å². The van der Waals surface area contributed by atoms with Crippen molar-refractivity contribution in [2.24, 2.45) is 0 Å². The summed E-state index contributed by atoms with van der Waals surface area (Å²) in [5.41, 5.74) is 11.4. The van der Waals surface area contributed by atoms with Gasteiger partial charge in [0.2, 0.25) is 0 Å². The van der Waals surface area contributed by atoms with Crippen LogP contribution < -0.4 is 0 Å². The summed E-state index contributed by atoms with van der Waals surface area (Å²) in [6.45, 7) is 4.58. The van der Waals surface area contributed by atoms with Crippen molar-refractivity contribution < 1.29 is 0 Å². The van der Waals surface area contributed by atoms with E-state index in [9.17, 15) is 0 Å². The zero-order valence-electron chi connectivity index (χ0n) is 27.2. The molecule has 6 aromatic carbocycles. The van der Waals surface area contributed by atoms with Crippen LogP contribution in [0.3, 0.4) is 0 Å². The van der Waals surface area contributed by atoms with Gasteiger partial charge in [0.05, 0.1) is 11.2 Å².